The largest absolute Gasteiger partial charge is 0.493 e. The Morgan fingerprint density at radius 2 is 1.89 bits per heavy atom. The minimum atomic E-state index is -0.302. The van der Waals surface area contributed by atoms with E-state index in [0.29, 0.717) is 47.4 Å². The highest BCUT2D eigenvalue weighted by Gasteiger charge is 2.32. The maximum absolute atomic E-state index is 13.2. The number of amides is 2. The first-order chi connectivity index (χ1) is 17.4. The van der Waals surface area contributed by atoms with Crippen LogP contribution in [0.25, 0.3) is 6.08 Å². The van der Waals surface area contributed by atoms with Crippen LogP contribution in [0, 0.1) is 5.92 Å². The SMILES string of the molecule is CCOC(=O)C1CCCN(C(=O)c2ccc3c(c2)N(C)C(=O)C(=Cc2ccc(OC)c(OC)c2)S3)C1. The number of carbonyl (C=O) groups is 3. The zero-order valence-electron chi connectivity index (χ0n) is 20.9. The third-order valence-electron chi connectivity index (χ3n) is 6.34. The van der Waals surface area contributed by atoms with Gasteiger partial charge in [-0.25, -0.2) is 0 Å². The molecule has 4 rings (SSSR count). The lowest BCUT2D eigenvalue weighted by molar-refractivity contribution is -0.149. The summed E-state index contributed by atoms with van der Waals surface area (Å²) in [5, 5.41) is 0. The van der Waals surface area contributed by atoms with Crippen molar-refractivity contribution in [3.63, 3.8) is 0 Å². The smallest absolute Gasteiger partial charge is 0.310 e. The summed E-state index contributed by atoms with van der Waals surface area (Å²) in [5.74, 6) is 0.334. The molecule has 0 saturated carbocycles. The van der Waals surface area contributed by atoms with E-state index in [-0.39, 0.29) is 23.7 Å². The second kappa shape index (κ2) is 11.1. The molecule has 190 valence electrons. The van der Waals surface area contributed by atoms with Crippen molar-refractivity contribution in [2.45, 2.75) is 24.7 Å². The van der Waals surface area contributed by atoms with E-state index in [1.54, 1.807) is 56.2 Å². The number of methoxy groups -OCH3 is 2. The number of ether oxygens (including phenoxy) is 3. The maximum atomic E-state index is 13.2. The first kappa shape index (κ1) is 25.6. The number of rotatable bonds is 6. The second-order valence-corrected chi connectivity index (χ2v) is 9.70. The van der Waals surface area contributed by atoms with Crippen LogP contribution in [0.3, 0.4) is 0 Å². The van der Waals surface area contributed by atoms with Gasteiger partial charge < -0.3 is 24.0 Å². The van der Waals surface area contributed by atoms with E-state index in [0.717, 1.165) is 23.3 Å². The standard InChI is InChI=1S/C27H30N2O6S/c1-5-35-27(32)19-7-6-12-29(16-19)25(30)18-9-11-23-20(15-18)28(2)26(31)24(36-23)14-17-8-10-21(33-3)22(13-17)34-4/h8-11,13-15,19H,5-7,12,16H2,1-4H3. The number of hydrogen-bond donors (Lipinski definition) is 0. The number of benzene rings is 2. The number of nitrogens with zero attached hydrogens (tertiary/aromatic N) is 2. The lowest BCUT2D eigenvalue weighted by Crippen LogP contribution is -2.43. The third kappa shape index (κ3) is 5.21. The highest BCUT2D eigenvalue weighted by atomic mass is 32.2. The summed E-state index contributed by atoms with van der Waals surface area (Å²) in [6.45, 7) is 3.04. The van der Waals surface area contributed by atoms with Crippen LogP contribution in [0.2, 0.25) is 0 Å². The molecule has 9 heteroatoms. The van der Waals surface area contributed by atoms with E-state index >= 15 is 0 Å². The Morgan fingerprint density at radius 3 is 2.61 bits per heavy atom. The molecule has 1 saturated heterocycles. The number of fused-ring (bicyclic) bond motifs is 1. The number of hydrogen-bond acceptors (Lipinski definition) is 7. The van der Waals surface area contributed by atoms with Crippen molar-refractivity contribution in [3.05, 3.63) is 52.4 Å². The van der Waals surface area contributed by atoms with Gasteiger partial charge >= 0.3 is 5.97 Å². The number of esters is 1. The molecule has 0 bridgehead atoms. The summed E-state index contributed by atoms with van der Waals surface area (Å²) in [7, 11) is 4.85. The summed E-state index contributed by atoms with van der Waals surface area (Å²) < 4.78 is 15.8. The number of anilines is 1. The molecule has 0 aromatic heterocycles. The first-order valence-corrected chi connectivity index (χ1v) is 12.7. The van der Waals surface area contributed by atoms with E-state index < -0.39 is 0 Å². The zero-order chi connectivity index (χ0) is 25.8. The van der Waals surface area contributed by atoms with Gasteiger partial charge in [-0.1, -0.05) is 17.8 Å². The number of likely N-dealkylation sites (N-methyl/N-ethyl adjacent to an activating group) is 1. The van der Waals surface area contributed by atoms with Crippen molar-refractivity contribution in [1.82, 2.24) is 4.90 Å². The molecule has 2 aliphatic heterocycles. The summed E-state index contributed by atoms with van der Waals surface area (Å²) in [6, 6.07) is 10.9. The van der Waals surface area contributed by atoms with Crippen molar-refractivity contribution < 1.29 is 28.6 Å². The molecule has 2 heterocycles. The molecule has 1 atom stereocenters. The van der Waals surface area contributed by atoms with Gasteiger partial charge in [0, 0.05) is 30.6 Å². The molecule has 1 fully saturated rings. The molecular weight excluding hydrogens is 480 g/mol. The molecule has 0 N–H and O–H groups in total. The van der Waals surface area contributed by atoms with Crippen LogP contribution >= 0.6 is 11.8 Å². The van der Waals surface area contributed by atoms with Crippen molar-refractivity contribution in [3.8, 4) is 11.5 Å². The fourth-order valence-electron chi connectivity index (χ4n) is 4.42. The Labute approximate surface area is 215 Å². The van der Waals surface area contributed by atoms with E-state index in [1.807, 2.05) is 24.3 Å². The third-order valence-corrected chi connectivity index (χ3v) is 7.41. The van der Waals surface area contributed by atoms with Crippen LogP contribution < -0.4 is 14.4 Å². The molecule has 1 unspecified atom stereocenters. The molecule has 2 aromatic rings. The van der Waals surface area contributed by atoms with E-state index in [2.05, 4.69) is 0 Å². The Bertz CT molecular complexity index is 1210. The highest BCUT2D eigenvalue weighted by molar-refractivity contribution is 8.04. The van der Waals surface area contributed by atoms with Crippen LogP contribution in [0.1, 0.15) is 35.7 Å². The number of thioether (sulfide) groups is 1. The lowest BCUT2D eigenvalue weighted by Gasteiger charge is -2.32. The second-order valence-electron chi connectivity index (χ2n) is 8.61. The molecule has 2 aliphatic rings. The summed E-state index contributed by atoms with van der Waals surface area (Å²) >= 11 is 1.36. The minimum Gasteiger partial charge on any atom is -0.493 e. The van der Waals surface area contributed by atoms with Crippen LogP contribution in [0.4, 0.5) is 5.69 Å². The minimum absolute atomic E-state index is 0.149. The monoisotopic (exact) mass is 510 g/mol. The summed E-state index contributed by atoms with van der Waals surface area (Å²) in [4.78, 5) is 43.3. The van der Waals surface area contributed by atoms with Crippen molar-refractivity contribution in [2.24, 2.45) is 5.92 Å². The van der Waals surface area contributed by atoms with Crippen molar-refractivity contribution >= 4 is 41.3 Å². The summed E-state index contributed by atoms with van der Waals surface area (Å²) in [5.41, 5.74) is 1.98. The van der Waals surface area contributed by atoms with E-state index in [9.17, 15) is 14.4 Å². The highest BCUT2D eigenvalue weighted by Crippen LogP contribution is 2.42. The van der Waals surface area contributed by atoms with Crippen LogP contribution in [0.15, 0.2) is 46.2 Å². The first-order valence-electron chi connectivity index (χ1n) is 11.9. The zero-order valence-corrected chi connectivity index (χ0v) is 21.7. The van der Waals surface area contributed by atoms with Crippen LogP contribution in [-0.4, -0.2) is 63.6 Å². The van der Waals surface area contributed by atoms with E-state index in [4.69, 9.17) is 14.2 Å². The van der Waals surface area contributed by atoms with E-state index in [1.165, 1.54) is 11.8 Å². The quantitative estimate of drug-likeness (QED) is 0.425. The molecule has 0 aliphatic carbocycles. The van der Waals surface area contributed by atoms with Gasteiger partial charge in [0.05, 0.1) is 37.3 Å². The number of likely N-dealkylation sites (tertiary alicyclic amines) is 1. The number of piperidine rings is 1. The Morgan fingerprint density at radius 1 is 1.11 bits per heavy atom. The van der Waals surface area contributed by atoms with Gasteiger partial charge in [-0.2, -0.15) is 0 Å². The Hall–Kier alpha value is -3.46. The summed E-state index contributed by atoms with van der Waals surface area (Å²) in [6.07, 6.45) is 3.28. The van der Waals surface area contributed by atoms with Gasteiger partial charge in [0.15, 0.2) is 11.5 Å². The number of carbonyl (C=O) groups excluding carboxylic acids is 3. The van der Waals surface area contributed by atoms with Gasteiger partial charge in [-0.3, -0.25) is 14.4 Å². The molecule has 2 amide bonds. The molecule has 8 nitrogen and oxygen atoms in total. The van der Waals surface area contributed by atoms with Crippen LogP contribution in [0.5, 0.6) is 11.5 Å². The Balaban J connectivity index is 1.55. The van der Waals surface area contributed by atoms with Crippen LogP contribution in [-0.2, 0) is 14.3 Å². The molecule has 36 heavy (non-hydrogen) atoms. The lowest BCUT2D eigenvalue weighted by atomic mass is 9.97. The maximum Gasteiger partial charge on any atom is 0.310 e. The average Bonchev–Trinajstić information content (AvgIpc) is 2.91. The van der Waals surface area contributed by atoms with Crippen molar-refractivity contribution in [1.29, 1.82) is 0 Å². The van der Waals surface area contributed by atoms with Gasteiger partial charge in [-0.05, 0) is 61.7 Å². The molecule has 0 spiro atoms. The molecule has 0 radical (unpaired) electrons. The topological polar surface area (TPSA) is 85.4 Å². The Kier molecular flexibility index (Phi) is 7.88. The molecule has 2 aromatic carbocycles. The predicted molar refractivity (Wildman–Crippen MR) is 138 cm³/mol. The van der Waals surface area contributed by atoms with Gasteiger partial charge in [0.2, 0.25) is 0 Å². The fourth-order valence-corrected chi connectivity index (χ4v) is 5.51. The van der Waals surface area contributed by atoms with Crippen molar-refractivity contribution in [2.75, 3.05) is 45.9 Å². The fraction of sp³-hybridized carbons (Fsp3) is 0.370. The normalized spacial score (nSPS) is 18.6. The van der Waals surface area contributed by atoms with Gasteiger partial charge in [-0.15, -0.1) is 0 Å². The predicted octanol–water partition coefficient (Wildman–Crippen LogP) is 4.23. The molecular formula is C27H30N2O6S. The average molecular weight is 511 g/mol. The van der Waals surface area contributed by atoms with Gasteiger partial charge in [0.25, 0.3) is 11.8 Å². The van der Waals surface area contributed by atoms with Gasteiger partial charge in [0.1, 0.15) is 0 Å².